The zero-order chi connectivity index (χ0) is 17.5. The van der Waals surface area contributed by atoms with Gasteiger partial charge in [-0.15, -0.1) is 0 Å². The van der Waals surface area contributed by atoms with Gasteiger partial charge in [-0.2, -0.15) is 0 Å². The van der Waals surface area contributed by atoms with Crippen molar-refractivity contribution in [3.63, 3.8) is 0 Å². The summed E-state index contributed by atoms with van der Waals surface area (Å²) in [6.07, 6.45) is 2.70. The molecule has 0 bridgehead atoms. The highest BCUT2D eigenvalue weighted by atomic mass is 32.2. The second-order valence-corrected chi connectivity index (χ2v) is 7.24. The van der Waals surface area contributed by atoms with Crippen molar-refractivity contribution in [2.24, 2.45) is 5.92 Å². The summed E-state index contributed by atoms with van der Waals surface area (Å²) in [5, 5.41) is 2.81. The van der Waals surface area contributed by atoms with Crippen LogP contribution in [0.15, 0.2) is 24.3 Å². The second kappa shape index (κ2) is 8.76. The topological polar surface area (TPSA) is 75.7 Å². The molecule has 1 aromatic rings. The summed E-state index contributed by atoms with van der Waals surface area (Å²) in [6.45, 7) is 4.40. The lowest BCUT2D eigenvalue weighted by Crippen LogP contribution is -2.39. The Hall–Kier alpha value is -1.76. The quantitative estimate of drug-likeness (QED) is 0.745. The highest BCUT2D eigenvalue weighted by Gasteiger charge is 2.19. The Morgan fingerprint density at radius 1 is 1.22 bits per heavy atom. The number of methoxy groups -OCH3 is 1. The number of rotatable bonds is 9. The van der Waals surface area contributed by atoms with Crippen molar-refractivity contribution in [1.82, 2.24) is 5.32 Å². The van der Waals surface area contributed by atoms with Crippen LogP contribution < -0.4 is 14.4 Å². The summed E-state index contributed by atoms with van der Waals surface area (Å²) < 4.78 is 30.3. The summed E-state index contributed by atoms with van der Waals surface area (Å²) in [5.41, 5.74) is 0.546. The molecule has 0 fully saturated rings. The number of anilines is 1. The zero-order valence-electron chi connectivity index (χ0n) is 14.2. The molecule has 23 heavy (non-hydrogen) atoms. The largest absolute Gasteiger partial charge is 0.497 e. The molecule has 0 aliphatic carbocycles. The maximum atomic E-state index is 12.0. The van der Waals surface area contributed by atoms with Gasteiger partial charge in [0.2, 0.25) is 15.9 Å². The molecule has 0 aliphatic rings. The van der Waals surface area contributed by atoms with E-state index in [0.717, 1.165) is 19.1 Å². The average Bonchev–Trinajstić information content (AvgIpc) is 2.52. The van der Waals surface area contributed by atoms with E-state index in [0.29, 0.717) is 11.4 Å². The first-order valence-corrected chi connectivity index (χ1v) is 9.57. The van der Waals surface area contributed by atoms with Crippen LogP contribution in [0.4, 0.5) is 5.69 Å². The van der Waals surface area contributed by atoms with E-state index in [9.17, 15) is 13.2 Å². The minimum Gasteiger partial charge on any atom is -0.497 e. The number of amides is 1. The summed E-state index contributed by atoms with van der Waals surface area (Å²) in [5.74, 6) is 0.602. The van der Waals surface area contributed by atoms with Gasteiger partial charge in [-0.1, -0.05) is 13.8 Å². The van der Waals surface area contributed by atoms with Crippen molar-refractivity contribution in [3.05, 3.63) is 24.3 Å². The number of sulfonamides is 1. The molecule has 7 heteroatoms. The van der Waals surface area contributed by atoms with E-state index in [1.54, 1.807) is 31.4 Å². The first-order chi connectivity index (χ1) is 10.8. The lowest BCUT2D eigenvalue weighted by atomic mass is 10.0. The van der Waals surface area contributed by atoms with Crippen LogP contribution >= 0.6 is 0 Å². The molecule has 130 valence electrons. The van der Waals surface area contributed by atoms with Gasteiger partial charge in [0.05, 0.1) is 25.6 Å². The maximum Gasteiger partial charge on any atom is 0.232 e. The van der Waals surface area contributed by atoms with E-state index in [4.69, 9.17) is 4.74 Å². The summed E-state index contributed by atoms with van der Waals surface area (Å²) in [6, 6.07) is 6.78. The van der Waals surface area contributed by atoms with E-state index in [2.05, 4.69) is 5.32 Å². The van der Waals surface area contributed by atoms with Crippen molar-refractivity contribution in [2.75, 3.05) is 30.8 Å². The van der Waals surface area contributed by atoms with Crippen molar-refractivity contribution in [3.8, 4) is 5.75 Å². The molecule has 0 saturated heterocycles. The van der Waals surface area contributed by atoms with Gasteiger partial charge in [0.1, 0.15) is 5.75 Å². The van der Waals surface area contributed by atoms with E-state index in [-0.39, 0.29) is 24.9 Å². The van der Waals surface area contributed by atoms with Crippen LogP contribution in [0, 0.1) is 5.92 Å². The van der Waals surface area contributed by atoms with Gasteiger partial charge in [0.15, 0.2) is 0 Å². The first-order valence-electron chi connectivity index (χ1n) is 7.72. The standard InChI is InChI=1S/C16H26N2O4S/c1-5-13(6-2)16(19)17-11-12-18(23(4,20)21)14-7-9-15(22-3)10-8-14/h7-10,13H,5-6,11-12H2,1-4H3,(H,17,19). The number of carbonyl (C=O) groups excluding carboxylic acids is 1. The predicted molar refractivity (Wildman–Crippen MR) is 92.3 cm³/mol. The Morgan fingerprint density at radius 3 is 2.22 bits per heavy atom. The summed E-state index contributed by atoms with van der Waals surface area (Å²) in [4.78, 5) is 12.0. The third kappa shape index (κ3) is 5.74. The number of carbonyl (C=O) groups is 1. The van der Waals surface area contributed by atoms with Crippen molar-refractivity contribution in [2.45, 2.75) is 26.7 Å². The van der Waals surface area contributed by atoms with Gasteiger partial charge in [-0.3, -0.25) is 9.10 Å². The fourth-order valence-electron chi connectivity index (χ4n) is 2.32. The smallest absolute Gasteiger partial charge is 0.232 e. The Morgan fingerprint density at radius 2 is 1.78 bits per heavy atom. The van der Waals surface area contributed by atoms with Crippen LogP contribution in [0.5, 0.6) is 5.75 Å². The van der Waals surface area contributed by atoms with E-state index in [1.165, 1.54) is 4.31 Å². The molecule has 0 aliphatic heterocycles. The van der Waals surface area contributed by atoms with Gasteiger partial charge in [-0.05, 0) is 37.1 Å². The number of ether oxygens (including phenoxy) is 1. The molecule has 1 rings (SSSR count). The summed E-state index contributed by atoms with van der Waals surface area (Å²) in [7, 11) is -1.87. The van der Waals surface area contributed by atoms with Gasteiger partial charge in [0, 0.05) is 12.5 Å². The van der Waals surface area contributed by atoms with Gasteiger partial charge in [0.25, 0.3) is 0 Å². The molecule has 0 spiro atoms. The molecule has 6 nitrogen and oxygen atoms in total. The molecule has 0 saturated carbocycles. The van der Waals surface area contributed by atoms with Crippen LogP contribution in [-0.2, 0) is 14.8 Å². The van der Waals surface area contributed by atoms with Gasteiger partial charge < -0.3 is 10.1 Å². The molecular formula is C16H26N2O4S. The molecule has 1 aromatic carbocycles. The molecule has 0 heterocycles. The highest BCUT2D eigenvalue weighted by molar-refractivity contribution is 7.92. The first kappa shape index (κ1) is 19.3. The number of benzene rings is 1. The normalized spacial score (nSPS) is 11.3. The number of hydrogen-bond acceptors (Lipinski definition) is 4. The zero-order valence-corrected chi connectivity index (χ0v) is 15.0. The summed E-state index contributed by atoms with van der Waals surface area (Å²) >= 11 is 0. The third-order valence-electron chi connectivity index (χ3n) is 3.73. The third-order valence-corrected chi connectivity index (χ3v) is 4.93. The molecular weight excluding hydrogens is 316 g/mol. The van der Waals surface area contributed by atoms with E-state index >= 15 is 0 Å². The van der Waals surface area contributed by atoms with Crippen molar-refractivity contribution >= 4 is 21.6 Å². The molecule has 0 unspecified atom stereocenters. The van der Waals surface area contributed by atoms with Crippen LogP contribution in [0.3, 0.4) is 0 Å². The van der Waals surface area contributed by atoms with Crippen molar-refractivity contribution < 1.29 is 17.9 Å². The average molecular weight is 342 g/mol. The Labute approximate surface area is 138 Å². The van der Waals surface area contributed by atoms with E-state index in [1.807, 2.05) is 13.8 Å². The Balaban J connectivity index is 2.75. The minimum atomic E-state index is -3.43. The SMILES string of the molecule is CCC(CC)C(=O)NCCN(c1ccc(OC)cc1)S(C)(=O)=O. The van der Waals surface area contributed by atoms with Crippen LogP contribution in [0.1, 0.15) is 26.7 Å². The number of nitrogens with zero attached hydrogens (tertiary/aromatic N) is 1. The van der Waals surface area contributed by atoms with Crippen LogP contribution in [0.25, 0.3) is 0 Å². The van der Waals surface area contributed by atoms with E-state index < -0.39 is 10.0 Å². The highest BCUT2D eigenvalue weighted by Crippen LogP contribution is 2.21. The monoisotopic (exact) mass is 342 g/mol. The molecule has 1 N–H and O–H groups in total. The lowest BCUT2D eigenvalue weighted by Gasteiger charge is -2.23. The molecule has 0 aromatic heterocycles. The molecule has 1 amide bonds. The predicted octanol–water partition coefficient (Wildman–Crippen LogP) is 2.01. The van der Waals surface area contributed by atoms with Gasteiger partial charge >= 0.3 is 0 Å². The Bertz CT molecular complexity index is 595. The maximum absolute atomic E-state index is 12.0. The fourth-order valence-corrected chi connectivity index (χ4v) is 3.25. The molecule has 0 atom stereocenters. The Kier molecular flexibility index (Phi) is 7.35. The number of hydrogen-bond donors (Lipinski definition) is 1. The number of nitrogens with one attached hydrogen (secondary N) is 1. The van der Waals surface area contributed by atoms with Gasteiger partial charge in [-0.25, -0.2) is 8.42 Å². The van der Waals surface area contributed by atoms with Crippen LogP contribution in [0.2, 0.25) is 0 Å². The minimum absolute atomic E-state index is 0.0253. The fraction of sp³-hybridized carbons (Fsp3) is 0.562. The van der Waals surface area contributed by atoms with Crippen molar-refractivity contribution in [1.29, 1.82) is 0 Å². The van der Waals surface area contributed by atoms with Crippen LogP contribution in [-0.4, -0.2) is 40.8 Å². The molecule has 0 radical (unpaired) electrons. The lowest BCUT2D eigenvalue weighted by molar-refractivity contribution is -0.125. The second-order valence-electron chi connectivity index (χ2n) is 5.34.